The van der Waals surface area contributed by atoms with Crippen LogP contribution in [0.2, 0.25) is 0 Å². The molecule has 2 N–H and O–H groups in total. The number of methoxy groups -OCH3 is 1. The first-order chi connectivity index (χ1) is 31.9. The van der Waals surface area contributed by atoms with Crippen LogP contribution in [-0.4, -0.2) is 119 Å². The number of rotatable bonds is 18. The van der Waals surface area contributed by atoms with Crippen molar-refractivity contribution in [3.8, 4) is 5.75 Å². The second-order valence-corrected chi connectivity index (χ2v) is 16.9. The van der Waals surface area contributed by atoms with Crippen molar-refractivity contribution in [2.45, 2.75) is 123 Å². The van der Waals surface area contributed by atoms with Crippen LogP contribution in [0.3, 0.4) is 0 Å². The number of amides is 2. The molecule has 0 radical (unpaired) electrons. The number of benzene rings is 2. The van der Waals surface area contributed by atoms with Gasteiger partial charge >= 0.3 is 29.8 Å². The van der Waals surface area contributed by atoms with Crippen molar-refractivity contribution in [1.29, 1.82) is 0 Å². The average molecular weight is 931 g/mol. The van der Waals surface area contributed by atoms with Crippen molar-refractivity contribution in [2.75, 3.05) is 33.4 Å². The third-order valence-corrected chi connectivity index (χ3v) is 11.7. The second kappa shape index (κ2) is 21.9. The number of likely N-dealkylation sites (tertiary alicyclic amines) is 1. The number of aromatic nitrogens is 3. The molecule has 2 aliphatic heterocycles. The molecule has 3 heterocycles. The lowest BCUT2D eigenvalue weighted by Crippen LogP contribution is -2.64. The molecule has 3 aliphatic rings. The fourth-order valence-electron chi connectivity index (χ4n) is 8.87. The van der Waals surface area contributed by atoms with E-state index in [1.54, 1.807) is 20.0 Å². The first kappa shape index (κ1) is 49.9. The third kappa shape index (κ3) is 11.9. The number of aryl methyl sites for hydroxylation is 2. The summed E-state index contributed by atoms with van der Waals surface area (Å²) in [6.07, 6.45) is 2.73. The molecule has 3 aromatic rings. The summed E-state index contributed by atoms with van der Waals surface area (Å²) in [6.45, 7) is 6.75. The number of nitrogens with one attached hydrogen (secondary N) is 2. The molecular formula is C47H58N6O14. The van der Waals surface area contributed by atoms with Crippen LogP contribution in [0, 0.1) is 13.8 Å². The molecule has 1 saturated carbocycles. The minimum Gasteiger partial charge on any atom is -0.465 e. The molecule has 20 nitrogen and oxygen atoms in total. The SMILES string of the molecule is COC(=O)[C@@]1(OCCNCc2ccccc2)CC(OC(C)=O)=C2C(O1)[C@](OC(C)=O)([C@@H](CNC(=O)c1cc(C)c(OC(C)=O)c(C)c1)OC(C)=O)CN2C(=O)Cn1cc(C2CCCCC2)nn1. The second-order valence-electron chi connectivity index (χ2n) is 16.9. The van der Waals surface area contributed by atoms with E-state index in [2.05, 4.69) is 20.9 Å². The van der Waals surface area contributed by atoms with Crippen LogP contribution in [0.15, 0.2) is 60.1 Å². The van der Waals surface area contributed by atoms with Crippen LogP contribution < -0.4 is 15.4 Å². The maximum atomic E-state index is 14.8. The lowest BCUT2D eigenvalue weighted by Gasteiger charge is -2.44. The van der Waals surface area contributed by atoms with Crippen molar-refractivity contribution >= 4 is 41.7 Å². The van der Waals surface area contributed by atoms with Gasteiger partial charge in [0.25, 0.3) is 11.7 Å². The molecule has 0 bridgehead atoms. The smallest absolute Gasteiger partial charge is 0.367 e. The van der Waals surface area contributed by atoms with Gasteiger partial charge in [-0.15, -0.1) is 5.10 Å². The van der Waals surface area contributed by atoms with E-state index < -0.39 is 91.3 Å². The highest BCUT2D eigenvalue weighted by Gasteiger charge is 2.67. The Labute approximate surface area is 387 Å². The molecule has 1 saturated heterocycles. The van der Waals surface area contributed by atoms with Crippen molar-refractivity contribution in [2.24, 2.45) is 0 Å². The Kier molecular flexibility index (Phi) is 16.3. The molecule has 1 unspecified atom stereocenters. The Balaban J connectivity index is 1.43. The summed E-state index contributed by atoms with van der Waals surface area (Å²) in [7, 11) is 1.10. The van der Waals surface area contributed by atoms with E-state index in [1.807, 2.05) is 30.3 Å². The van der Waals surface area contributed by atoms with Gasteiger partial charge in [-0.3, -0.25) is 28.8 Å². The quantitative estimate of drug-likeness (QED) is 0.0801. The molecule has 2 amide bonds. The van der Waals surface area contributed by atoms with Crippen molar-refractivity contribution in [1.82, 2.24) is 30.5 Å². The van der Waals surface area contributed by atoms with Gasteiger partial charge in [0.15, 0.2) is 17.8 Å². The van der Waals surface area contributed by atoms with E-state index in [4.69, 9.17) is 33.2 Å². The summed E-state index contributed by atoms with van der Waals surface area (Å²) in [5.41, 5.74) is 0.394. The maximum Gasteiger partial charge on any atom is 0.367 e. The van der Waals surface area contributed by atoms with Gasteiger partial charge < -0.3 is 48.7 Å². The summed E-state index contributed by atoms with van der Waals surface area (Å²) in [5, 5.41) is 14.6. The topological polar surface area (TPSA) is 242 Å². The summed E-state index contributed by atoms with van der Waals surface area (Å²) < 4.78 is 42.7. The Morgan fingerprint density at radius 3 is 2.21 bits per heavy atom. The first-order valence-corrected chi connectivity index (χ1v) is 22.2. The van der Waals surface area contributed by atoms with Crippen LogP contribution in [0.4, 0.5) is 0 Å². The van der Waals surface area contributed by atoms with Gasteiger partial charge in [0, 0.05) is 58.5 Å². The van der Waals surface area contributed by atoms with Gasteiger partial charge in [-0.1, -0.05) is 54.8 Å². The Bertz CT molecular complexity index is 2360. The minimum atomic E-state index is -2.41. The van der Waals surface area contributed by atoms with Crippen LogP contribution in [0.1, 0.15) is 105 Å². The predicted octanol–water partition coefficient (Wildman–Crippen LogP) is 3.61. The molecule has 360 valence electrons. The van der Waals surface area contributed by atoms with Crippen LogP contribution >= 0.6 is 0 Å². The standard InChI is InChI=1S/C47H58N6O14/c1-28-20-36(21-29(2)42(28)65-32(5)56)44(59)49-24-39(64-31(4)55)46(66-33(6)57)27-53(40(58)26-52-25-37(50-51-52)35-16-12-9-13-17-35)41-38(63-30(3)54)22-47(45(60)61-7,67-43(41)46)62-19-18-48-23-34-14-10-8-11-15-34/h8,10-11,14-15,20-21,25,35,39,43,48H,9,12-13,16-19,22-24,26-27H2,1-7H3,(H,49,59)/t39-,43?,46-,47-/m1/s1. The van der Waals surface area contributed by atoms with E-state index in [0.717, 1.165) is 76.1 Å². The average Bonchev–Trinajstić information content (AvgIpc) is 3.89. The molecule has 6 rings (SSSR count). The highest BCUT2D eigenvalue weighted by atomic mass is 16.7. The van der Waals surface area contributed by atoms with E-state index in [-0.39, 0.29) is 41.8 Å². The summed E-state index contributed by atoms with van der Waals surface area (Å²) >= 11 is 0. The molecule has 1 aliphatic carbocycles. The number of esters is 5. The molecule has 2 aromatic carbocycles. The lowest BCUT2D eigenvalue weighted by atomic mass is 9.87. The van der Waals surface area contributed by atoms with E-state index in [1.165, 1.54) is 23.7 Å². The maximum absolute atomic E-state index is 14.8. The highest BCUT2D eigenvalue weighted by molar-refractivity contribution is 5.95. The summed E-state index contributed by atoms with van der Waals surface area (Å²) in [5.74, 6) is -7.82. The monoisotopic (exact) mass is 930 g/mol. The molecule has 20 heteroatoms. The molecule has 1 aromatic heterocycles. The Morgan fingerprint density at radius 1 is 0.896 bits per heavy atom. The molecule has 4 atom stereocenters. The van der Waals surface area contributed by atoms with Crippen LogP contribution in [0.25, 0.3) is 0 Å². The lowest BCUT2D eigenvalue weighted by molar-refractivity contribution is -0.289. The fourth-order valence-corrected chi connectivity index (χ4v) is 8.87. The number of hydrogen-bond donors (Lipinski definition) is 2. The van der Waals surface area contributed by atoms with Crippen LogP contribution in [-0.2, 0) is 70.3 Å². The largest absolute Gasteiger partial charge is 0.465 e. The highest BCUT2D eigenvalue weighted by Crippen LogP contribution is 2.49. The molecule has 2 fully saturated rings. The van der Waals surface area contributed by atoms with Crippen molar-refractivity contribution in [3.63, 3.8) is 0 Å². The summed E-state index contributed by atoms with van der Waals surface area (Å²) in [6, 6.07) is 12.5. The number of carbonyl (C=O) groups excluding carboxylic acids is 7. The van der Waals surface area contributed by atoms with Gasteiger partial charge in [0.1, 0.15) is 18.1 Å². The zero-order valence-electron chi connectivity index (χ0n) is 38.8. The fraction of sp³-hybridized carbons (Fsp3) is 0.511. The summed E-state index contributed by atoms with van der Waals surface area (Å²) in [4.78, 5) is 95.1. The normalized spacial score (nSPS) is 20.9. The molecule has 67 heavy (non-hydrogen) atoms. The number of ether oxygens (including phenoxy) is 7. The molecule has 0 spiro atoms. The first-order valence-electron chi connectivity index (χ1n) is 22.2. The molecular weight excluding hydrogens is 873 g/mol. The van der Waals surface area contributed by atoms with Gasteiger partial charge in [-0.05, 0) is 55.5 Å². The van der Waals surface area contributed by atoms with Gasteiger partial charge in [0.05, 0.1) is 44.6 Å². The van der Waals surface area contributed by atoms with Gasteiger partial charge in [-0.25, -0.2) is 9.48 Å². The zero-order valence-corrected chi connectivity index (χ0v) is 38.8. The van der Waals surface area contributed by atoms with Gasteiger partial charge in [-0.2, -0.15) is 0 Å². The van der Waals surface area contributed by atoms with E-state index >= 15 is 0 Å². The number of fused-ring (bicyclic) bond motifs is 1. The van der Waals surface area contributed by atoms with Crippen molar-refractivity contribution in [3.05, 3.63) is 88.1 Å². The van der Waals surface area contributed by atoms with E-state index in [9.17, 15) is 33.6 Å². The minimum absolute atomic E-state index is 0.142. The third-order valence-electron chi connectivity index (χ3n) is 11.7. The van der Waals surface area contributed by atoms with Crippen LogP contribution in [0.5, 0.6) is 5.75 Å². The van der Waals surface area contributed by atoms with Gasteiger partial charge in [0.2, 0.25) is 5.91 Å². The predicted molar refractivity (Wildman–Crippen MR) is 234 cm³/mol. The Morgan fingerprint density at radius 2 is 1.58 bits per heavy atom. The number of hydrogen-bond acceptors (Lipinski definition) is 17. The number of carbonyl (C=O) groups is 7. The van der Waals surface area contributed by atoms with Crippen molar-refractivity contribution < 1.29 is 66.7 Å². The number of nitrogens with zero attached hydrogens (tertiary/aromatic N) is 4. The zero-order chi connectivity index (χ0) is 48.5. The van der Waals surface area contributed by atoms with E-state index in [0.29, 0.717) is 17.7 Å². The Hall–Kier alpha value is -6.51.